The van der Waals surface area contributed by atoms with Crippen LogP contribution in [-0.2, 0) is 28.9 Å². The van der Waals surface area contributed by atoms with Crippen LogP contribution < -0.4 is 19.5 Å². The number of amides is 1. The largest absolute Gasteiger partial charge is 0.507 e. The van der Waals surface area contributed by atoms with Gasteiger partial charge in [0.05, 0.1) is 18.2 Å². The number of hydrogen-bond acceptors (Lipinski definition) is 9. The van der Waals surface area contributed by atoms with Crippen molar-refractivity contribution in [3.63, 3.8) is 0 Å². The second kappa shape index (κ2) is 13.8. The number of halogens is 7. The molecule has 1 amide bonds. The summed E-state index contributed by atoms with van der Waals surface area (Å²) in [4.78, 5) is 30.0. The van der Waals surface area contributed by atoms with E-state index in [1.807, 2.05) is 53.1 Å². The van der Waals surface area contributed by atoms with Crippen LogP contribution in [0.25, 0.3) is 0 Å². The second-order valence-electron chi connectivity index (χ2n) is 14.7. The fourth-order valence-electron chi connectivity index (χ4n) is 8.70. The SMILES string of the molecule is Cc1cc2c(c(O)c1C)[C@@H]1C3Cc4c(OC(=O)C(F)(F)C(F)(F)C(F)(F)F)c(C)c5c(c4[C@H](CNC(=O)CCc4ccccc4)N3[C@@H](C#N)[C@H](C2)N1C)OCO5. The molecular formula is C39H37F7N4O6. The molecule has 0 aromatic heterocycles. The highest BCUT2D eigenvalue weighted by molar-refractivity contribution is 5.83. The van der Waals surface area contributed by atoms with Gasteiger partial charge in [-0.2, -0.15) is 36.0 Å². The van der Waals surface area contributed by atoms with Gasteiger partial charge < -0.3 is 24.6 Å². The van der Waals surface area contributed by atoms with Gasteiger partial charge in [0.15, 0.2) is 11.5 Å². The lowest BCUT2D eigenvalue weighted by Crippen LogP contribution is -2.68. The first-order chi connectivity index (χ1) is 26.3. The Kier molecular flexibility index (Phi) is 9.68. The summed E-state index contributed by atoms with van der Waals surface area (Å²) in [5.41, 5.74) is 3.44. The molecule has 2 N–H and O–H groups in total. The smallest absolute Gasteiger partial charge is 0.460 e. The minimum atomic E-state index is -6.80. The number of benzene rings is 3. The van der Waals surface area contributed by atoms with Crippen molar-refractivity contribution in [3.05, 3.63) is 80.9 Å². The molecule has 7 rings (SSSR count). The predicted molar refractivity (Wildman–Crippen MR) is 184 cm³/mol. The van der Waals surface area contributed by atoms with Crippen LogP contribution in [0.1, 0.15) is 63.0 Å². The molecule has 3 aromatic carbocycles. The molecule has 0 radical (unpaired) electrons. The van der Waals surface area contributed by atoms with Gasteiger partial charge in [0.2, 0.25) is 12.7 Å². The number of aryl methyl sites for hydroxylation is 2. The van der Waals surface area contributed by atoms with E-state index in [2.05, 4.69) is 11.4 Å². The average Bonchev–Trinajstić information content (AvgIpc) is 3.64. The number of phenolic OH excluding ortho intramolecular Hbond substituents is 1. The average molecular weight is 791 g/mol. The Morgan fingerprint density at radius 2 is 1.66 bits per heavy atom. The van der Waals surface area contributed by atoms with E-state index in [-0.39, 0.29) is 53.3 Å². The van der Waals surface area contributed by atoms with Crippen molar-refractivity contribution in [1.29, 1.82) is 5.26 Å². The molecule has 17 heteroatoms. The predicted octanol–water partition coefficient (Wildman–Crippen LogP) is 6.30. The van der Waals surface area contributed by atoms with Gasteiger partial charge in [-0.1, -0.05) is 36.4 Å². The molecule has 2 bridgehead atoms. The standard InChI is InChI=1S/C39H37F7N4O6/c1-18-12-22-13-24-26(15-47)50-25(31(49(24)4)29(22)32(52)19(18)2)14-23-30(27(50)16-48-28(51)11-10-21-8-6-5-7-9-21)35-34(54-17-55-35)20(3)33(23)56-36(53)37(40,41)38(42,43)39(44,45)46/h5-9,12,24-27,31,52H,10-11,13-14,16-17H2,1-4H3,(H,48,51)/t24-,25?,26-,27-,31-/m0/s1. The van der Waals surface area contributed by atoms with Crippen LogP contribution in [0.5, 0.6) is 23.0 Å². The fourth-order valence-corrected chi connectivity index (χ4v) is 8.70. The quantitative estimate of drug-likeness (QED) is 0.154. The maximum Gasteiger partial charge on any atom is 0.460 e. The number of phenols is 1. The van der Waals surface area contributed by atoms with Gasteiger partial charge in [0.1, 0.15) is 17.5 Å². The van der Waals surface area contributed by atoms with Gasteiger partial charge in [0.25, 0.3) is 0 Å². The summed E-state index contributed by atoms with van der Waals surface area (Å²) in [5.74, 6) is -17.5. The number of nitrogens with one attached hydrogen (secondary N) is 1. The first-order valence-corrected chi connectivity index (χ1v) is 17.8. The van der Waals surface area contributed by atoms with Gasteiger partial charge in [-0.05, 0) is 69.3 Å². The molecule has 4 heterocycles. The Morgan fingerprint density at radius 1 is 0.982 bits per heavy atom. The molecule has 0 saturated carbocycles. The third-order valence-electron chi connectivity index (χ3n) is 11.6. The lowest BCUT2D eigenvalue weighted by atomic mass is 9.71. The minimum absolute atomic E-state index is 0.00948. The van der Waals surface area contributed by atoms with Crippen molar-refractivity contribution in [1.82, 2.24) is 15.1 Å². The van der Waals surface area contributed by atoms with Crippen LogP contribution in [0.4, 0.5) is 30.7 Å². The molecule has 1 fully saturated rings. The van der Waals surface area contributed by atoms with Crippen molar-refractivity contribution in [2.45, 2.75) is 94.7 Å². The molecule has 10 nitrogen and oxygen atoms in total. The number of hydrogen-bond donors (Lipinski definition) is 2. The van der Waals surface area contributed by atoms with E-state index in [0.29, 0.717) is 24.0 Å². The molecule has 5 atom stereocenters. The number of esters is 1. The van der Waals surface area contributed by atoms with Crippen molar-refractivity contribution < 1.29 is 59.6 Å². The second-order valence-corrected chi connectivity index (χ2v) is 14.7. The van der Waals surface area contributed by atoms with E-state index < -0.39 is 72.6 Å². The summed E-state index contributed by atoms with van der Waals surface area (Å²) >= 11 is 0. The van der Waals surface area contributed by atoms with Crippen molar-refractivity contribution in [3.8, 4) is 29.1 Å². The van der Waals surface area contributed by atoms with Crippen LogP contribution in [0.15, 0.2) is 36.4 Å². The zero-order valence-corrected chi connectivity index (χ0v) is 30.6. The van der Waals surface area contributed by atoms with Crippen LogP contribution >= 0.6 is 0 Å². The monoisotopic (exact) mass is 790 g/mol. The summed E-state index contributed by atoms with van der Waals surface area (Å²) in [7, 11) is 1.76. The first-order valence-electron chi connectivity index (χ1n) is 17.8. The molecule has 0 spiro atoms. The summed E-state index contributed by atoms with van der Waals surface area (Å²) in [6.45, 7) is 4.17. The molecule has 3 aromatic rings. The third kappa shape index (κ3) is 5.99. The summed E-state index contributed by atoms with van der Waals surface area (Å²) in [6, 6.07) is 9.53. The molecule has 1 saturated heterocycles. The van der Waals surface area contributed by atoms with Crippen molar-refractivity contribution in [2.75, 3.05) is 20.4 Å². The van der Waals surface area contributed by atoms with Gasteiger partial charge in [-0.3, -0.25) is 14.6 Å². The highest BCUT2D eigenvalue weighted by atomic mass is 19.4. The lowest BCUT2D eigenvalue weighted by molar-refractivity contribution is -0.346. The zero-order chi connectivity index (χ0) is 40.6. The van der Waals surface area contributed by atoms with E-state index >= 15 is 0 Å². The molecule has 298 valence electrons. The number of carbonyl (C=O) groups is 2. The topological polar surface area (TPSA) is 124 Å². The highest BCUT2D eigenvalue weighted by Crippen LogP contribution is 2.58. The number of aromatic hydroxyl groups is 1. The third-order valence-corrected chi connectivity index (χ3v) is 11.6. The Morgan fingerprint density at radius 3 is 2.32 bits per heavy atom. The number of ether oxygens (including phenoxy) is 3. The number of rotatable bonds is 8. The molecule has 1 unspecified atom stereocenters. The number of alkyl halides is 7. The van der Waals surface area contributed by atoms with Crippen LogP contribution in [0, 0.1) is 32.1 Å². The van der Waals surface area contributed by atoms with Gasteiger partial charge in [0, 0.05) is 47.3 Å². The number of carbonyl (C=O) groups excluding carboxylic acids is 2. The fraction of sp³-hybridized carbons (Fsp3) is 0.462. The van der Waals surface area contributed by atoms with Crippen LogP contribution in [0.2, 0.25) is 0 Å². The van der Waals surface area contributed by atoms with E-state index in [0.717, 1.165) is 16.7 Å². The first kappa shape index (κ1) is 39.2. The maximum atomic E-state index is 14.8. The number of nitrogens with zero attached hydrogens (tertiary/aromatic N) is 3. The number of fused-ring (bicyclic) bond motifs is 9. The van der Waals surface area contributed by atoms with E-state index in [4.69, 9.17) is 14.2 Å². The molecular weight excluding hydrogens is 753 g/mol. The summed E-state index contributed by atoms with van der Waals surface area (Å²) in [5, 5.41) is 25.3. The Hall–Kier alpha value is -5.08. The van der Waals surface area contributed by atoms with Crippen LogP contribution in [-0.4, -0.2) is 83.3 Å². The van der Waals surface area contributed by atoms with Gasteiger partial charge in [-0.15, -0.1) is 0 Å². The highest BCUT2D eigenvalue weighted by Gasteiger charge is 2.77. The van der Waals surface area contributed by atoms with Crippen LogP contribution in [0.3, 0.4) is 0 Å². The molecule has 56 heavy (non-hydrogen) atoms. The zero-order valence-electron chi connectivity index (χ0n) is 30.6. The van der Waals surface area contributed by atoms with Gasteiger partial charge >= 0.3 is 24.0 Å². The lowest BCUT2D eigenvalue weighted by Gasteiger charge is -2.60. The van der Waals surface area contributed by atoms with E-state index in [1.54, 1.807) is 14.0 Å². The Balaban J connectivity index is 1.38. The molecule has 0 aliphatic carbocycles. The number of likely N-dealkylation sites (N-methyl/N-ethyl adjacent to an activating group) is 1. The Bertz CT molecular complexity index is 2140. The molecule has 4 aliphatic heterocycles. The van der Waals surface area contributed by atoms with E-state index in [9.17, 15) is 50.7 Å². The molecule has 4 aliphatic rings. The van der Waals surface area contributed by atoms with Gasteiger partial charge in [-0.25, -0.2) is 4.79 Å². The normalized spacial score (nSPS) is 23.1. The number of piperazine rings is 1. The Labute approximate surface area is 316 Å². The van der Waals surface area contributed by atoms with Crippen molar-refractivity contribution in [2.24, 2.45) is 0 Å². The summed E-state index contributed by atoms with van der Waals surface area (Å²) < 4.78 is 114. The van der Waals surface area contributed by atoms with Crippen molar-refractivity contribution >= 4 is 11.9 Å². The summed E-state index contributed by atoms with van der Waals surface area (Å²) in [6.07, 6.45) is -6.27. The van der Waals surface area contributed by atoms with E-state index in [1.165, 1.54) is 6.92 Å². The number of nitriles is 1. The minimum Gasteiger partial charge on any atom is -0.507 e. The maximum absolute atomic E-state index is 14.8.